The Morgan fingerprint density at radius 1 is 1.00 bits per heavy atom. The van der Waals surface area contributed by atoms with Gasteiger partial charge in [-0.1, -0.05) is 35.9 Å². The predicted octanol–water partition coefficient (Wildman–Crippen LogP) is 3.13. The van der Waals surface area contributed by atoms with Crippen molar-refractivity contribution in [1.82, 2.24) is 10.3 Å². The number of anilines is 1. The Kier molecular flexibility index (Phi) is 4.56. The summed E-state index contributed by atoms with van der Waals surface area (Å²) in [6.07, 6.45) is 1.42. The van der Waals surface area contributed by atoms with Gasteiger partial charge in [0, 0.05) is 37.8 Å². The highest BCUT2D eigenvalue weighted by atomic mass is 35.5. The SMILES string of the molecule is O=S(=O)(c1ccccc1)c1cnc2c(N3CCNCC3)c(Cl)ccc2c1. The van der Waals surface area contributed by atoms with Gasteiger partial charge in [-0.25, -0.2) is 8.42 Å². The quantitative estimate of drug-likeness (QED) is 0.748. The summed E-state index contributed by atoms with van der Waals surface area (Å²) in [4.78, 5) is 7.12. The van der Waals surface area contributed by atoms with Crippen molar-refractivity contribution in [2.75, 3.05) is 31.1 Å². The van der Waals surface area contributed by atoms with Gasteiger partial charge in [0.25, 0.3) is 0 Å². The molecule has 134 valence electrons. The summed E-state index contributed by atoms with van der Waals surface area (Å²) in [7, 11) is -3.60. The summed E-state index contributed by atoms with van der Waals surface area (Å²) in [5.74, 6) is 0. The highest BCUT2D eigenvalue weighted by Crippen LogP contribution is 2.34. The molecule has 0 spiro atoms. The molecule has 26 heavy (non-hydrogen) atoms. The average Bonchev–Trinajstić information content (AvgIpc) is 2.69. The lowest BCUT2D eigenvalue weighted by atomic mass is 10.1. The van der Waals surface area contributed by atoms with Crippen molar-refractivity contribution in [2.24, 2.45) is 0 Å². The second-order valence-corrected chi connectivity index (χ2v) is 8.55. The number of piperazine rings is 1. The first-order chi connectivity index (χ1) is 12.6. The number of hydrogen-bond donors (Lipinski definition) is 1. The molecule has 4 rings (SSSR count). The normalized spacial score (nSPS) is 15.3. The standard InChI is InChI=1S/C19H18ClN3O2S/c20-17-7-6-14-12-16(26(24,25)15-4-2-1-3-5-15)13-22-18(14)19(17)23-10-8-21-9-11-23/h1-7,12-13,21H,8-11H2. The van der Waals surface area contributed by atoms with E-state index in [1.807, 2.05) is 12.1 Å². The smallest absolute Gasteiger partial charge is 0.208 e. The van der Waals surface area contributed by atoms with Crippen LogP contribution in [0.3, 0.4) is 0 Å². The lowest BCUT2D eigenvalue weighted by Crippen LogP contribution is -2.43. The summed E-state index contributed by atoms with van der Waals surface area (Å²) in [5.41, 5.74) is 1.60. The minimum atomic E-state index is -3.60. The number of rotatable bonds is 3. The van der Waals surface area contributed by atoms with E-state index in [0.29, 0.717) is 5.02 Å². The number of halogens is 1. The molecule has 1 aliphatic rings. The summed E-state index contributed by atoms with van der Waals surface area (Å²) in [6, 6.07) is 13.7. The van der Waals surface area contributed by atoms with E-state index in [0.717, 1.165) is 42.8 Å². The van der Waals surface area contributed by atoms with E-state index in [2.05, 4.69) is 15.2 Å². The molecule has 0 bridgehead atoms. The van der Waals surface area contributed by atoms with Gasteiger partial charge in [-0.15, -0.1) is 0 Å². The Morgan fingerprint density at radius 3 is 2.46 bits per heavy atom. The lowest BCUT2D eigenvalue weighted by Gasteiger charge is -2.30. The van der Waals surface area contributed by atoms with Crippen molar-refractivity contribution in [3.05, 3.63) is 59.8 Å². The average molecular weight is 388 g/mol. The fourth-order valence-electron chi connectivity index (χ4n) is 3.21. The van der Waals surface area contributed by atoms with Crippen molar-refractivity contribution in [2.45, 2.75) is 9.79 Å². The highest BCUT2D eigenvalue weighted by Gasteiger charge is 2.21. The number of pyridine rings is 1. The van der Waals surface area contributed by atoms with E-state index < -0.39 is 9.84 Å². The highest BCUT2D eigenvalue weighted by molar-refractivity contribution is 7.91. The van der Waals surface area contributed by atoms with E-state index in [4.69, 9.17) is 11.6 Å². The van der Waals surface area contributed by atoms with E-state index in [1.165, 1.54) is 6.20 Å². The van der Waals surface area contributed by atoms with Gasteiger partial charge < -0.3 is 10.2 Å². The molecule has 0 saturated carbocycles. The molecule has 2 aromatic carbocycles. The second kappa shape index (κ2) is 6.87. The molecule has 1 aromatic heterocycles. The van der Waals surface area contributed by atoms with Crippen LogP contribution < -0.4 is 10.2 Å². The molecule has 2 heterocycles. The van der Waals surface area contributed by atoms with Crippen molar-refractivity contribution in [3.8, 4) is 0 Å². The Morgan fingerprint density at radius 2 is 1.73 bits per heavy atom. The summed E-state index contributed by atoms with van der Waals surface area (Å²) in [6.45, 7) is 3.44. The fraction of sp³-hybridized carbons (Fsp3) is 0.211. The zero-order valence-electron chi connectivity index (χ0n) is 14.0. The minimum absolute atomic E-state index is 0.185. The summed E-state index contributed by atoms with van der Waals surface area (Å²) < 4.78 is 25.7. The van der Waals surface area contributed by atoms with E-state index in [-0.39, 0.29) is 9.79 Å². The first kappa shape index (κ1) is 17.3. The maximum Gasteiger partial charge on any atom is 0.208 e. The molecule has 1 fully saturated rings. The van der Waals surface area contributed by atoms with E-state index in [1.54, 1.807) is 36.4 Å². The van der Waals surface area contributed by atoms with Gasteiger partial charge in [0.2, 0.25) is 9.84 Å². The van der Waals surface area contributed by atoms with Crippen LogP contribution >= 0.6 is 11.6 Å². The Hall–Kier alpha value is -2.15. The van der Waals surface area contributed by atoms with Crippen molar-refractivity contribution < 1.29 is 8.42 Å². The first-order valence-corrected chi connectivity index (χ1v) is 10.3. The minimum Gasteiger partial charge on any atom is -0.366 e. The van der Waals surface area contributed by atoms with Gasteiger partial charge in [0.15, 0.2) is 0 Å². The molecule has 0 amide bonds. The molecule has 1 N–H and O–H groups in total. The number of nitrogens with one attached hydrogen (secondary N) is 1. The number of nitrogens with zero attached hydrogens (tertiary/aromatic N) is 2. The van der Waals surface area contributed by atoms with Crippen LogP contribution in [-0.4, -0.2) is 39.6 Å². The Labute approximate surface area is 157 Å². The topological polar surface area (TPSA) is 62.3 Å². The molecule has 0 aliphatic carbocycles. The van der Waals surface area contributed by atoms with Crippen LogP contribution in [0.1, 0.15) is 0 Å². The Balaban J connectivity index is 1.83. The maximum atomic E-state index is 12.8. The van der Waals surface area contributed by atoms with Crippen LogP contribution in [0.25, 0.3) is 10.9 Å². The van der Waals surface area contributed by atoms with Gasteiger partial charge in [0.05, 0.1) is 26.0 Å². The molecule has 1 saturated heterocycles. The van der Waals surface area contributed by atoms with Crippen molar-refractivity contribution >= 4 is 38.0 Å². The molecule has 7 heteroatoms. The van der Waals surface area contributed by atoms with Crippen LogP contribution in [0.15, 0.2) is 64.5 Å². The van der Waals surface area contributed by atoms with Gasteiger partial charge in [-0.2, -0.15) is 0 Å². The molecule has 3 aromatic rings. The van der Waals surface area contributed by atoms with Gasteiger partial charge in [-0.3, -0.25) is 4.98 Å². The van der Waals surface area contributed by atoms with Gasteiger partial charge in [-0.05, 0) is 24.3 Å². The predicted molar refractivity (Wildman–Crippen MR) is 104 cm³/mol. The third kappa shape index (κ3) is 3.05. The molecule has 1 aliphatic heterocycles. The zero-order valence-corrected chi connectivity index (χ0v) is 15.6. The number of benzene rings is 2. The zero-order chi connectivity index (χ0) is 18.1. The number of hydrogen-bond acceptors (Lipinski definition) is 5. The monoisotopic (exact) mass is 387 g/mol. The lowest BCUT2D eigenvalue weighted by molar-refractivity contribution is 0.590. The molecule has 0 radical (unpaired) electrons. The Bertz CT molecular complexity index is 1050. The molecule has 0 unspecified atom stereocenters. The van der Waals surface area contributed by atoms with Crippen LogP contribution in [0.4, 0.5) is 5.69 Å². The van der Waals surface area contributed by atoms with Crippen molar-refractivity contribution in [1.29, 1.82) is 0 Å². The summed E-state index contributed by atoms with van der Waals surface area (Å²) in [5, 5.41) is 4.71. The van der Waals surface area contributed by atoms with Gasteiger partial charge in [0.1, 0.15) is 0 Å². The van der Waals surface area contributed by atoms with Crippen LogP contribution in [-0.2, 0) is 9.84 Å². The number of fused-ring (bicyclic) bond motifs is 1. The second-order valence-electron chi connectivity index (χ2n) is 6.19. The van der Waals surface area contributed by atoms with Crippen LogP contribution in [0.2, 0.25) is 5.02 Å². The van der Waals surface area contributed by atoms with Crippen LogP contribution in [0, 0.1) is 0 Å². The molecule has 5 nitrogen and oxygen atoms in total. The number of sulfone groups is 1. The van der Waals surface area contributed by atoms with Crippen molar-refractivity contribution in [3.63, 3.8) is 0 Å². The maximum absolute atomic E-state index is 12.8. The molecule has 0 atom stereocenters. The number of aromatic nitrogens is 1. The van der Waals surface area contributed by atoms with E-state index >= 15 is 0 Å². The van der Waals surface area contributed by atoms with E-state index in [9.17, 15) is 8.42 Å². The van der Waals surface area contributed by atoms with Gasteiger partial charge >= 0.3 is 0 Å². The largest absolute Gasteiger partial charge is 0.366 e. The summed E-state index contributed by atoms with van der Waals surface area (Å²) >= 11 is 6.44. The third-order valence-corrected chi connectivity index (χ3v) is 6.59. The third-order valence-electron chi connectivity index (χ3n) is 4.55. The first-order valence-electron chi connectivity index (χ1n) is 8.41. The molecular weight excluding hydrogens is 370 g/mol. The molecular formula is C19H18ClN3O2S. The van der Waals surface area contributed by atoms with Crippen LogP contribution in [0.5, 0.6) is 0 Å². The fourth-order valence-corrected chi connectivity index (χ4v) is 4.75.